The summed E-state index contributed by atoms with van der Waals surface area (Å²) in [6.07, 6.45) is 2.51. The van der Waals surface area contributed by atoms with E-state index in [1.807, 2.05) is 0 Å². The van der Waals surface area contributed by atoms with Crippen LogP contribution in [0.3, 0.4) is 0 Å². The number of carbonyl (C=O) groups is 1. The van der Waals surface area contributed by atoms with Crippen LogP contribution < -0.4 is 0 Å². The van der Waals surface area contributed by atoms with Gasteiger partial charge in [0.25, 0.3) is 0 Å². The molecule has 0 aromatic rings. The third kappa shape index (κ3) is 2.71. The maximum absolute atomic E-state index is 10.1. The van der Waals surface area contributed by atoms with Crippen molar-refractivity contribution in [1.29, 1.82) is 0 Å². The Kier molecular flexibility index (Phi) is 2.82. The number of hydrogen-bond acceptors (Lipinski definition) is 4. The lowest BCUT2D eigenvalue weighted by Crippen LogP contribution is -2.14. The molecule has 0 saturated heterocycles. The van der Waals surface area contributed by atoms with Gasteiger partial charge in [0.2, 0.25) is 6.17 Å². The Balaban J connectivity index is 2.26. The molecule has 5 heteroatoms. The van der Waals surface area contributed by atoms with Crippen molar-refractivity contribution in [2.75, 3.05) is 0 Å². The van der Waals surface area contributed by atoms with Gasteiger partial charge in [0.1, 0.15) is 0 Å². The van der Waals surface area contributed by atoms with E-state index < -0.39 is 12.1 Å². The van der Waals surface area contributed by atoms with E-state index in [4.69, 9.17) is 10.2 Å². The molecule has 5 nitrogen and oxygen atoms in total. The van der Waals surface area contributed by atoms with E-state index in [9.17, 15) is 4.79 Å². The van der Waals surface area contributed by atoms with Gasteiger partial charge in [-0.05, 0) is 0 Å². The quantitative estimate of drug-likeness (QED) is 0.574. The minimum Gasteiger partial charge on any atom is -0.481 e. The van der Waals surface area contributed by atoms with Gasteiger partial charge < -0.3 is 10.2 Å². The number of hydrogen-bond donors (Lipinski definition) is 2. The predicted molar refractivity (Wildman–Crippen MR) is 43.1 cm³/mol. The molecule has 0 amide bonds. The summed E-state index contributed by atoms with van der Waals surface area (Å²) in [6, 6.07) is 0. The van der Waals surface area contributed by atoms with Gasteiger partial charge in [-0.15, -0.1) is 0 Å². The lowest BCUT2D eigenvalue weighted by molar-refractivity contribution is -0.139. The van der Waals surface area contributed by atoms with E-state index >= 15 is 0 Å². The Morgan fingerprint density at radius 2 is 2.08 bits per heavy atom. The Morgan fingerprint density at radius 3 is 2.58 bits per heavy atom. The second-order valence-electron chi connectivity index (χ2n) is 2.43. The highest BCUT2D eigenvalue weighted by atomic mass is 16.4. The average Bonchev–Trinajstić information content (AvgIpc) is 2.37. The molecule has 1 aliphatic heterocycles. The standard InChI is InChI=1S/C7H8N2O3/c10-5(4-7(11)12)3-6-8-1-2-9-6/h1-2,5,10H,3-4H2/p+1. The third-order valence-electron chi connectivity index (χ3n) is 1.34. The maximum atomic E-state index is 10.1. The van der Waals surface area contributed by atoms with Gasteiger partial charge in [0.15, 0.2) is 12.4 Å². The van der Waals surface area contributed by atoms with E-state index in [2.05, 4.69) is 9.98 Å². The van der Waals surface area contributed by atoms with E-state index in [0.717, 1.165) is 0 Å². The summed E-state index contributed by atoms with van der Waals surface area (Å²) < 4.78 is 0. The van der Waals surface area contributed by atoms with Crippen molar-refractivity contribution < 1.29 is 15.0 Å². The van der Waals surface area contributed by atoms with E-state index in [0.29, 0.717) is 6.17 Å². The van der Waals surface area contributed by atoms with Gasteiger partial charge >= 0.3 is 5.97 Å². The summed E-state index contributed by atoms with van der Waals surface area (Å²) >= 11 is 0. The molecule has 0 aromatic heterocycles. The SMILES string of the molecule is O=C(O)CC(O)C[C+]1N=CC=N1. The molecular weight excluding hydrogens is 160 g/mol. The zero-order chi connectivity index (χ0) is 8.97. The predicted octanol–water partition coefficient (Wildman–Crippen LogP) is -0.143. The van der Waals surface area contributed by atoms with Crippen LogP contribution in [0.15, 0.2) is 9.98 Å². The molecule has 0 radical (unpaired) electrons. The van der Waals surface area contributed by atoms with Crippen LogP contribution in [0.1, 0.15) is 12.8 Å². The number of carboxylic acid groups (broad SMARTS) is 1. The highest BCUT2D eigenvalue weighted by Gasteiger charge is 2.22. The van der Waals surface area contributed by atoms with Crippen molar-refractivity contribution in [3.63, 3.8) is 0 Å². The number of aliphatic hydroxyl groups is 1. The van der Waals surface area contributed by atoms with Gasteiger partial charge in [-0.2, -0.15) is 0 Å². The van der Waals surface area contributed by atoms with Crippen molar-refractivity contribution >= 4 is 18.4 Å². The topological polar surface area (TPSA) is 82.2 Å². The summed E-state index contributed by atoms with van der Waals surface area (Å²) in [5, 5.41) is 17.4. The maximum Gasteiger partial charge on any atom is 0.306 e. The largest absolute Gasteiger partial charge is 0.481 e. The fourth-order valence-corrected chi connectivity index (χ4v) is 0.862. The van der Waals surface area contributed by atoms with Crippen LogP contribution in [0.4, 0.5) is 0 Å². The Hall–Kier alpha value is -1.36. The lowest BCUT2D eigenvalue weighted by atomic mass is 10.1. The molecule has 1 heterocycles. The number of aliphatic carboxylic acids is 1. The van der Waals surface area contributed by atoms with Crippen LogP contribution >= 0.6 is 0 Å². The van der Waals surface area contributed by atoms with Gasteiger partial charge in [0, 0.05) is 0 Å². The molecule has 0 aliphatic carbocycles. The number of aliphatic imine (C=N–C) groups is 2. The molecule has 1 unspecified atom stereocenters. The smallest absolute Gasteiger partial charge is 0.306 e. The van der Waals surface area contributed by atoms with Crippen LogP contribution in [0.5, 0.6) is 0 Å². The number of nitrogens with zero attached hydrogens (tertiary/aromatic N) is 2. The van der Waals surface area contributed by atoms with Crippen LogP contribution in [0.2, 0.25) is 0 Å². The van der Waals surface area contributed by atoms with Crippen LogP contribution in [-0.2, 0) is 4.79 Å². The number of aliphatic hydroxyl groups excluding tert-OH is 1. The van der Waals surface area contributed by atoms with Gasteiger partial charge in [-0.25, -0.2) is 0 Å². The average molecular weight is 169 g/mol. The molecule has 12 heavy (non-hydrogen) atoms. The zero-order valence-electron chi connectivity index (χ0n) is 6.34. The van der Waals surface area contributed by atoms with Crippen molar-refractivity contribution in [2.24, 2.45) is 9.98 Å². The Labute approximate surface area is 69.5 Å². The molecule has 0 aromatic carbocycles. The molecule has 64 valence electrons. The lowest BCUT2D eigenvalue weighted by Gasteiger charge is -2.03. The molecule has 1 rings (SSSR count). The second kappa shape index (κ2) is 3.87. The van der Waals surface area contributed by atoms with Gasteiger partial charge in [-0.1, -0.05) is 9.98 Å². The molecule has 0 saturated carbocycles. The summed E-state index contributed by atoms with van der Waals surface area (Å²) in [6.45, 7) is 0. The summed E-state index contributed by atoms with van der Waals surface area (Å²) in [7, 11) is 0. The van der Waals surface area contributed by atoms with Gasteiger partial charge in [0.05, 0.1) is 18.9 Å². The Bertz CT molecular complexity index is 213. The van der Waals surface area contributed by atoms with Crippen molar-refractivity contribution in [1.82, 2.24) is 0 Å². The summed E-state index contributed by atoms with van der Waals surface area (Å²) in [5.74, 6) is -1.02. The molecule has 0 fully saturated rings. The van der Waals surface area contributed by atoms with Crippen LogP contribution in [0.25, 0.3) is 0 Å². The molecule has 2 N–H and O–H groups in total. The minimum atomic E-state index is -1.02. The normalized spacial score (nSPS) is 16.9. The number of carboxylic acids is 1. The first kappa shape index (κ1) is 8.73. The van der Waals surface area contributed by atoms with Gasteiger partial charge in [-0.3, -0.25) is 4.79 Å². The number of rotatable bonds is 4. The zero-order valence-corrected chi connectivity index (χ0v) is 6.34. The van der Waals surface area contributed by atoms with Crippen molar-refractivity contribution in [3.8, 4) is 0 Å². The monoisotopic (exact) mass is 169 g/mol. The highest BCUT2D eigenvalue weighted by Crippen LogP contribution is 2.15. The first-order chi connectivity index (χ1) is 5.68. The van der Waals surface area contributed by atoms with E-state index in [1.165, 1.54) is 12.4 Å². The summed E-state index contributed by atoms with van der Waals surface area (Å²) in [4.78, 5) is 17.7. The van der Waals surface area contributed by atoms with Crippen LogP contribution in [-0.4, -0.2) is 34.7 Å². The van der Waals surface area contributed by atoms with Crippen molar-refractivity contribution in [3.05, 3.63) is 6.17 Å². The fourth-order valence-electron chi connectivity index (χ4n) is 0.862. The molecule has 1 atom stereocenters. The molecular formula is C7H9N2O3+. The third-order valence-corrected chi connectivity index (χ3v) is 1.34. The Morgan fingerprint density at radius 1 is 1.50 bits per heavy atom. The molecule has 1 aliphatic rings. The fraction of sp³-hybridized carbons (Fsp3) is 0.429. The van der Waals surface area contributed by atoms with E-state index in [1.54, 1.807) is 0 Å². The van der Waals surface area contributed by atoms with Crippen LogP contribution in [0, 0.1) is 6.17 Å². The highest BCUT2D eigenvalue weighted by molar-refractivity contribution is 6.18. The molecule has 0 spiro atoms. The second-order valence-corrected chi connectivity index (χ2v) is 2.43. The first-order valence-electron chi connectivity index (χ1n) is 3.51. The minimum absolute atomic E-state index is 0.194. The summed E-state index contributed by atoms with van der Waals surface area (Å²) in [5.41, 5.74) is 0. The first-order valence-corrected chi connectivity index (χ1v) is 3.51. The molecule has 0 bridgehead atoms. The van der Waals surface area contributed by atoms with Crippen molar-refractivity contribution in [2.45, 2.75) is 18.9 Å². The van der Waals surface area contributed by atoms with E-state index in [-0.39, 0.29) is 12.8 Å².